The summed E-state index contributed by atoms with van der Waals surface area (Å²) in [5, 5.41) is 10.4. The standard InChI is InChI=1S/C27H22ClF3N4O2/c28-19-9-11-20(12-10-19)37-21-8-4-5-17(13-21)15-32-26(36)22-16-33-35-24(27(29,30)31)14-23(34-25(22)35)18-6-2-1-3-7-18/h1-13,16,23-24,34H,14-15H2,(H,32,36). The van der Waals surface area contributed by atoms with Crippen LogP contribution < -0.4 is 15.4 Å². The number of carbonyl (C=O) groups excluding carboxylic acids is 1. The SMILES string of the molecule is O=C(NCc1cccc(Oc2ccc(Cl)cc2)c1)c1cnn2c1NC(c1ccccc1)CC2C(F)(F)F. The molecule has 2 N–H and O–H groups in total. The van der Waals surface area contributed by atoms with Gasteiger partial charge in [-0.25, -0.2) is 4.68 Å². The number of anilines is 1. The van der Waals surface area contributed by atoms with Gasteiger partial charge in [0.25, 0.3) is 5.91 Å². The Morgan fingerprint density at radius 1 is 1.05 bits per heavy atom. The smallest absolute Gasteiger partial charge is 0.410 e. The zero-order valence-electron chi connectivity index (χ0n) is 19.4. The summed E-state index contributed by atoms with van der Waals surface area (Å²) in [5.41, 5.74) is 1.50. The Labute approximate surface area is 216 Å². The number of ether oxygens (including phenoxy) is 1. The molecule has 190 valence electrons. The number of halogens is 4. The monoisotopic (exact) mass is 526 g/mol. The van der Waals surface area contributed by atoms with Gasteiger partial charge in [0.2, 0.25) is 0 Å². The second-order valence-electron chi connectivity index (χ2n) is 8.64. The van der Waals surface area contributed by atoms with Gasteiger partial charge in [-0.05, 0) is 47.5 Å². The Bertz CT molecular complexity index is 1390. The molecule has 0 saturated carbocycles. The lowest BCUT2D eigenvalue weighted by molar-refractivity contribution is -0.173. The van der Waals surface area contributed by atoms with Gasteiger partial charge in [-0.15, -0.1) is 0 Å². The van der Waals surface area contributed by atoms with Crippen molar-refractivity contribution in [3.8, 4) is 11.5 Å². The maximum Gasteiger partial charge on any atom is 0.410 e. The van der Waals surface area contributed by atoms with E-state index in [9.17, 15) is 18.0 Å². The first-order chi connectivity index (χ1) is 17.8. The number of aromatic nitrogens is 2. The molecule has 1 aliphatic heterocycles. The van der Waals surface area contributed by atoms with Crippen LogP contribution >= 0.6 is 11.6 Å². The zero-order valence-corrected chi connectivity index (χ0v) is 20.1. The number of benzene rings is 3. The molecule has 0 saturated heterocycles. The van der Waals surface area contributed by atoms with E-state index < -0.39 is 24.2 Å². The van der Waals surface area contributed by atoms with Crippen LogP contribution in [0.3, 0.4) is 0 Å². The molecule has 2 unspecified atom stereocenters. The summed E-state index contributed by atoms with van der Waals surface area (Å²) in [6.45, 7) is 0.145. The summed E-state index contributed by atoms with van der Waals surface area (Å²) >= 11 is 5.90. The van der Waals surface area contributed by atoms with Crippen LogP contribution in [0.2, 0.25) is 5.02 Å². The van der Waals surface area contributed by atoms with Crippen LogP contribution in [0.4, 0.5) is 19.0 Å². The molecular formula is C27H22ClF3N4O2. The highest BCUT2D eigenvalue weighted by Crippen LogP contribution is 2.44. The molecule has 3 aromatic carbocycles. The van der Waals surface area contributed by atoms with Crippen molar-refractivity contribution in [2.45, 2.75) is 31.2 Å². The summed E-state index contributed by atoms with van der Waals surface area (Å²) in [6.07, 6.45) is -3.58. The van der Waals surface area contributed by atoms with Gasteiger partial charge >= 0.3 is 6.18 Å². The number of carbonyl (C=O) groups is 1. The second-order valence-corrected chi connectivity index (χ2v) is 9.07. The minimum absolute atomic E-state index is 0.0414. The molecule has 0 fully saturated rings. The van der Waals surface area contributed by atoms with Crippen molar-refractivity contribution in [2.24, 2.45) is 0 Å². The minimum atomic E-state index is -4.52. The highest BCUT2D eigenvalue weighted by molar-refractivity contribution is 6.30. The Morgan fingerprint density at radius 3 is 2.54 bits per heavy atom. The molecule has 1 aromatic heterocycles. The topological polar surface area (TPSA) is 68.2 Å². The average molecular weight is 527 g/mol. The van der Waals surface area contributed by atoms with Gasteiger partial charge in [-0.1, -0.05) is 54.1 Å². The molecule has 6 nitrogen and oxygen atoms in total. The lowest BCUT2D eigenvalue weighted by atomic mass is 9.96. The summed E-state index contributed by atoms with van der Waals surface area (Å²) in [5.74, 6) is 0.680. The van der Waals surface area contributed by atoms with Gasteiger partial charge in [-0.2, -0.15) is 18.3 Å². The number of hydrogen-bond acceptors (Lipinski definition) is 4. The van der Waals surface area contributed by atoms with Crippen molar-refractivity contribution in [1.29, 1.82) is 0 Å². The average Bonchev–Trinajstić information content (AvgIpc) is 3.32. The number of hydrogen-bond donors (Lipinski definition) is 2. The summed E-state index contributed by atoms with van der Waals surface area (Å²) in [7, 11) is 0. The third-order valence-corrected chi connectivity index (χ3v) is 6.34. The molecule has 0 aliphatic carbocycles. The fourth-order valence-corrected chi connectivity index (χ4v) is 4.39. The van der Waals surface area contributed by atoms with Gasteiger partial charge in [-0.3, -0.25) is 4.79 Å². The van der Waals surface area contributed by atoms with Crippen LogP contribution in [0.1, 0.15) is 40.0 Å². The van der Waals surface area contributed by atoms with Crippen molar-refractivity contribution in [3.05, 3.63) is 107 Å². The van der Waals surface area contributed by atoms with E-state index in [4.69, 9.17) is 16.3 Å². The Balaban J connectivity index is 1.32. The molecule has 1 aliphatic rings. The van der Waals surface area contributed by atoms with Gasteiger partial charge in [0, 0.05) is 18.0 Å². The van der Waals surface area contributed by atoms with E-state index in [0.717, 1.165) is 10.2 Å². The normalized spacial score (nSPS) is 17.0. The Hall–Kier alpha value is -3.98. The summed E-state index contributed by atoms with van der Waals surface area (Å²) in [4.78, 5) is 13.0. The molecule has 37 heavy (non-hydrogen) atoms. The predicted molar refractivity (Wildman–Crippen MR) is 134 cm³/mol. The van der Waals surface area contributed by atoms with E-state index in [-0.39, 0.29) is 24.3 Å². The highest BCUT2D eigenvalue weighted by atomic mass is 35.5. The van der Waals surface area contributed by atoms with E-state index in [1.165, 1.54) is 6.20 Å². The van der Waals surface area contributed by atoms with E-state index in [1.54, 1.807) is 72.8 Å². The molecule has 0 spiro atoms. The van der Waals surface area contributed by atoms with Crippen molar-refractivity contribution < 1.29 is 22.7 Å². The molecule has 5 rings (SSSR count). The van der Waals surface area contributed by atoms with Crippen molar-refractivity contribution in [3.63, 3.8) is 0 Å². The van der Waals surface area contributed by atoms with Gasteiger partial charge in [0.05, 0.1) is 12.2 Å². The molecule has 4 aromatic rings. The van der Waals surface area contributed by atoms with Crippen molar-refractivity contribution in [2.75, 3.05) is 5.32 Å². The van der Waals surface area contributed by atoms with Gasteiger partial charge in [0.1, 0.15) is 22.9 Å². The zero-order chi connectivity index (χ0) is 26.0. The highest BCUT2D eigenvalue weighted by Gasteiger charge is 2.47. The van der Waals surface area contributed by atoms with Gasteiger partial charge in [0.15, 0.2) is 6.04 Å². The van der Waals surface area contributed by atoms with Gasteiger partial charge < -0.3 is 15.4 Å². The fourth-order valence-electron chi connectivity index (χ4n) is 4.27. The van der Waals surface area contributed by atoms with E-state index in [2.05, 4.69) is 15.7 Å². The van der Waals surface area contributed by atoms with E-state index in [0.29, 0.717) is 22.1 Å². The maximum atomic E-state index is 13.9. The Kier molecular flexibility index (Phi) is 6.80. The third-order valence-electron chi connectivity index (χ3n) is 6.09. The number of nitrogens with one attached hydrogen (secondary N) is 2. The van der Waals surface area contributed by atoms with Crippen LogP contribution in [0.5, 0.6) is 11.5 Å². The van der Waals surface area contributed by atoms with Crippen LogP contribution in [0.15, 0.2) is 85.1 Å². The number of alkyl halides is 3. The molecule has 1 amide bonds. The predicted octanol–water partition coefficient (Wildman–Crippen LogP) is 6.92. The number of rotatable bonds is 6. The van der Waals surface area contributed by atoms with E-state index >= 15 is 0 Å². The largest absolute Gasteiger partial charge is 0.457 e. The molecular weight excluding hydrogens is 505 g/mol. The number of fused-ring (bicyclic) bond motifs is 1. The summed E-state index contributed by atoms with van der Waals surface area (Å²) in [6, 6.07) is 20.4. The van der Waals surface area contributed by atoms with Crippen LogP contribution in [0.25, 0.3) is 0 Å². The fraction of sp³-hybridized carbons (Fsp3) is 0.185. The quantitative estimate of drug-likeness (QED) is 0.286. The first-order valence-electron chi connectivity index (χ1n) is 11.5. The summed E-state index contributed by atoms with van der Waals surface area (Å²) < 4.78 is 48.4. The van der Waals surface area contributed by atoms with Crippen molar-refractivity contribution >= 4 is 23.3 Å². The lowest BCUT2D eigenvalue weighted by Gasteiger charge is -2.34. The van der Waals surface area contributed by atoms with Crippen LogP contribution in [0, 0.1) is 0 Å². The van der Waals surface area contributed by atoms with Crippen molar-refractivity contribution in [1.82, 2.24) is 15.1 Å². The van der Waals surface area contributed by atoms with Crippen LogP contribution in [-0.2, 0) is 6.54 Å². The third kappa shape index (κ3) is 5.56. The first kappa shape index (κ1) is 24.7. The minimum Gasteiger partial charge on any atom is -0.457 e. The molecule has 2 heterocycles. The molecule has 2 atom stereocenters. The molecule has 0 radical (unpaired) electrons. The van der Waals surface area contributed by atoms with E-state index in [1.807, 2.05) is 6.07 Å². The first-order valence-corrected chi connectivity index (χ1v) is 11.9. The molecule has 10 heteroatoms. The Morgan fingerprint density at radius 2 is 1.81 bits per heavy atom. The molecule has 0 bridgehead atoms. The maximum absolute atomic E-state index is 13.9. The number of nitrogens with zero attached hydrogens (tertiary/aromatic N) is 2. The van der Waals surface area contributed by atoms with Crippen LogP contribution in [-0.4, -0.2) is 21.9 Å². The number of amides is 1. The second kappa shape index (κ2) is 10.2. The lowest BCUT2D eigenvalue weighted by Crippen LogP contribution is -2.36.